The minimum Gasteiger partial charge on any atom is -0.446 e. The molecule has 19 heavy (non-hydrogen) atoms. The van der Waals surface area contributed by atoms with Crippen LogP contribution in [0.2, 0.25) is 0 Å². The maximum Gasteiger partial charge on any atom is 0.410 e. The summed E-state index contributed by atoms with van der Waals surface area (Å²) in [5.74, 6) is 0. The van der Waals surface area contributed by atoms with Gasteiger partial charge in [0, 0.05) is 37.0 Å². The molecule has 1 rings (SSSR count). The molecule has 1 radical (unpaired) electrons. The average molecular weight is 271 g/mol. The maximum absolute atomic E-state index is 12.2. The van der Waals surface area contributed by atoms with E-state index in [0.29, 0.717) is 25.9 Å². The molecule has 1 saturated heterocycles. The lowest BCUT2D eigenvalue weighted by Gasteiger charge is -2.49. The van der Waals surface area contributed by atoms with Crippen LogP contribution in [0.15, 0.2) is 0 Å². The van der Waals surface area contributed by atoms with Crippen LogP contribution in [0.1, 0.15) is 54.4 Å². The van der Waals surface area contributed by atoms with Gasteiger partial charge < -0.3 is 9.64 Å². The van der Waals surface area contributed by atoms with Gasteiger partial charge in [-0.3, -0.25) is 0 Å². The summed E-state index contributed by atoms with van der Waals surface area (Å²) >= 11 is 0. The molecule has 5 heteroatoms. The summed E-state index contributed by atoms with van der Waals surface area (Å²) < 4.78 is 5.58. The van der Waals surface area contributed by atoms with Gasteiger partial charge in [-0.2, -0.15) is 0 Å². The van der Waals surface area contributed by atoms with Crippen molar-refractivity contribution in [2.24, 2.45) is 0 Å². The summed E-state index contributed by atoms with van der Waals surface area (Å²) in [7, 11) is 0. The van der Waals surface area contributed by atoms with Crippen molar-refractivity contribution in [2.45, 2.75) is 71.6 Å². The van der Waals surface area contributed by atoms with E-state index in [4.69, 9.17) is 4.74 Å². The highest BCUT2D eigenvalue weighted by Crippen LogP contribution is 2.38. The molecule has 5 nitrogen and oxygen atoms in total. The number of carbonyl (C=O) groups excluding carboxylic acids is 1. The van der Waals surface area contributed by atoms with E-state index in [1.54, 1.807) is 4.90 Å². The van der Waals surface area contributed by atoms with Gasteiger partial charge in [0.2, 0.25) is 0 Å². The first kappa shape index (κ1) is 16.2. The average Bonchev–Trinajstić information content (AvgIpc) is 2.26. The molecule has 0 aromatic rings. The molecule has 1 aliphatic rings. The van der Waals surface area contributed by atoms with Crippen LogP contribution in [0.4, 0.5) is 4.79 Å². The molecule has 0 unspecified atom stereocenters. The van der Waals surface area contributed by atoms with Crippen molar-refractivity contribution in [1.29, 1.82) is 0 Å². The van der Waals surface area contributed by atoms with Gasteiger partial charge in [0.15, 0.2) is 0 Å². The quantitative estimate of drug-likeness (QED) is 0.793. The minimum absolute atomic E-state index is 0.191. The number of nitrogens with zero attached hydrogens (tertiary/aromatic N) is 2. The molecule has 0 bridgehead atoms. The van der Waals surface area contributed by atoms with E-state index in [9.17, 15) is 10.0 Å². The van der Waals surface area contributed by atoms with Crippen LogP contribution < -0.4 is 0 Å². The van der Waals surface area contributed by atoms with Gasteiger partial charge >= 0.3 is 6.09 Å². The Morgan fingerprint density at radius 3 is 1.95 bits per heavy atom. The first-order valence-corrected chi connectivity index (χ1v) is 7.07. The molecule has 1 aliphatic heterocycles. The zero-order valence-corrected chi connectivity index (χ0v) is 13.0. The minimum atomic E-state index is -0.504. The van der Waals surface area contributed by atoms with Crippen molar-refractivity contribution >= 4 is 6.09 Å². The molecular formula is C14H27N2O3. The molecule has 0 saturated carbocycles. The number of hydrogen-bond donors (Lipinski definition) is 0. The number of hydroxylamine groups is 2. The van der Waals surface area contributed by atoms with Crippen LogP contribution >= 0.6 is 0 Å². The van der Waals surface area contributed by atoms with E-state index < -0.39 is 11.1 Å². The predicted molar refractivity (Wildman–Crippen MR) is 73.1 cm³/mol. The number of piperidine rings is 1. The molecule has 0 aromatic heterocycles. The van der Waals surface area contributed by atoms with Crippen molar-refractivity contribution in [3.63, 3.8) is 0 Å². The third-order valence-corrected chi connectivity index (χ3v) is 3.84. The smallest absolute Gasteiger partial charge is 0.410 e. The first-order chi connectivity index (χ1) is 8.64. The summed E-state index contributed by atoms with van der Waals surface area (Å²) in [6, 6.07) is 0. The van der Waals surface area contributed by atoms with Crippen LogP contribution in [0.25, 0.3) is 0 Å². The van der Waals surface area contributed by atoms with E-state index in [-0.39, 0.29) is 12.2 Å². The third kappa shape index (κ3) is 3.60. The fourth-order valence-electron chi connectivity index (χ4n) is 2.95. The lowest BCUT2D eigenvalue weighted by atomic mass is 9.80. The van der Waals surface area contributed by atoms with Crippen LogP contribution in [-0.2, 0) is 9.94 Å². The van der Waals surface area contributed by atoms with Crippen LogP contribution in [-0.4, -0.2) is 46.3 Å². The van der Waals surface area contributed by atoms with Gasteiger partial charge in [-0.05, 0) is 41.5 Å². The molecule has 1 fully saturated rings. The number of carbonyl (C=O) groups is 1. The molecule has 111 valence electrons. The standard InChI is InChI=1S/C14H27N2O3/c1-7-15(8-2)12(17)19-11-9-13(3,4)16(18)14(5,6)10-11/h11H,7-10H2,1-6H3. The fourth-order valence-corrected chi connectivity index (χ4v) is 2.95. The van der Waals surface area contributed by atoms with E-state index in [0.717, 1.165) is 5.06 Å². The van der Waals surface area contributed by atoms with Gasteiger partial charge in [-0.15, -0.1) is 10.3 Å². The molecule has 0 N–H and O–H groups in total. The fraction of sp³-hybridized carbons (Fsp3) is 0.929. The topological polar surface area (TPSA) is 52.7 Å². The highest BCUT2D eigenvalue weighted by atomic mass is 16.6. The van der Waals surface area contributed by atoms with Crippen molar-refractivity contribution in [2.75, 3.05) is 13.1 Å². The van der Waals surface area contributed by atoms with E-state index in [1.807, 2.05) is 41.5 Å². The molecule has 0 aromatic carbocycles. The number of hydrogen-bond acceptors (Lipinski definition) is 3. The first-order valence-electron chi connectivity index (χ1n) is 7.07. The van der Waals surface area contributed by atoms with Crippen LogP contribution in [0.5, 0.6) is 0 Å². The van der Waals surface area contributed by atoms with Gasteiger partial charge in [0.1, 0.15) is 6.10 Å². The molecule has 0 aliphatic carbocycles. The summed E-state index contributed by atoms with van der Waals surface area (Å²) in [5, 5.41) is 13.4. The summed E-state index contributed by atoms with van der Waals surface area (Å²) in [5.41, 5.74) is -1.01. The number of amides is 1. The van der Waals surface area contributed by atoms with Crippen molar-refractivity contribution in [3.05, 3.63) is 0 Å². The molecule has 0 atom stereocenters. The number of rotatable bonds is 3. The summed E-state index contributed by atoms with van der Waals surface area (Å²) in [6.45, 7) is 12.7. The van der Waals surface area contributed by atoms with Crippen molar-refractivity contribution < 1.29 is 14.7 Å². The molecule has 1 amide bonds. The predicted octanol–water partition coefficient (Wildman–Crippen LogP) is 2.83. The van der Waals surface area contributed by atoms with Gasteiger partial charge in [-0.1, -0.05) is 0 Å². The zero-order chi connectivity index (χ0) is 14.8. The molecular weight excluding hydrogens is 244 g/mol. The lowest BCUT2D eigenvalue weighted by molar-refractivity contribution is -0.298. The van der Waals surface area contributed by atoms with Gasteiger partial charge in [0.05, 0.1) is 0 Å². The second kappa shape index (κ2) is 5.67. The van der Waals surface area contributed by atoms with E-state index >= 15 is 0 Å². The summed E-state index contributed by atoms with van der Waals surface area (Å²) in [6.07, 6.45) is 0.684. The highest BCUT2D eigenvalue weighted by molar-refractivity contribution is 5.67. The van der Waals surface area contributed by atoms with E-state index in [2.05, 4.69) is 0 Å². The van der Waals surface area contributed by atoms with Gasteiger partial charge in [0.25, 0.3) is 0 Å². The Kier molecular flexibility index (Phi) is 4.85. The van der Waals surface area contributed by atoms with Gasteiger partial charge in [-0.25, -0.2) is 4.79 Å². The third-order valence-electron chi connectivity index (χ3n) is 3.84. The Bertz CT molecular complexity index is 307. The van der Waals surface area contributed by atoms with Crippen molar-refractivity contribution in [1.82, 2.24) is 9.96 Å². The SMILES string of the molecule is CCN(CC)C(=O)OC1CC(C)(C)N([O])C(C)(C)C1. The van der Waals surface area contributed by atoms with Crippen LogP contribution in [0.3, 0.4) is 0 Å². The second-order valence-corrected chi connectivity index (χ2v) is 6.51. The normalized spacial score (nSPS) is 23.1. The monoisotopic (exact) mass is 271 g/mol. The second-order valence-electron chi connectivity index (χ2n) is 6.51. The number of ether oxygens (including phenoxy) is 1. The Labute approximate surface area is 116 Å². The lowest BCUT2D eigenvalue weighted by Crippen LogP contribution is -2.60. The Hall–Kier alpha value is -0.810. The molecule has 1 heterocycles. The Balaban J connectivity index is 2.73. The largest absolute Gasteiger partial charge is 0.446 e. The van der Waals surface area contributed by atoms with E-state index in [1.165, 1.54) is 0 Å². The Morgan fingerprint density at radius 1 is 1.16 bits per heavy atom. The highest BCUT2D eigenvalue weighted by Gasteiger charge is 2.47. The Morgan fingerprint density at radius 2 is 1.58 bits per heavy atom. The van der Waals surface area contributed by atoms with Crippen LogP contribution in [0, 0.1) is 0 Å². The molecule has 0 spiro atoms. The zero-order valence-electron chi connectivity index (χ0n) is 13.0. The summed E-state index contributed by atoms with van der Waals surface area (Å²) in [4.78, 5) is 13.6. The maximum atomic E-state index is 12.2. The van der Waals surface area contributed by atoms with Crippen molar-refractivity contribution in [3.8, 4) is 0 Å².